The number of hydrogen-bond acceptors (Lipinski definition) is 3. The van der Waals surface area contributed by atoms with Crippen LogP contribution in [0.25, 0.3) is 0 Å². The maximum absolute atomic E-state index is 12.3. The van der Waals surface area contributed by atoms with E-state index in [-0.39, 0.29) is 17.2 Å². The number of piperidine rings is 1. The average molecular weight is 265 g/mol. The number of aromatic hydroxyl groups is 1. The lowest BCUT2D eigenvalue weighted by Crippen LogP contribution is -2.42. The molecule has 0 saturated carbocycles. The topological polar surface area (TPSA) is 64.3 Å². The summed E-state index contributed by atoms with van der Waals surface area (Å²) < 4.78 is 0. The second-order valence-corrected chi connectivity index (χ2v) is 4.74. The molecule has 4 nitrogen and oxygen atoms in total. The SMILES string of the molecule is N#CC1CCCCN1C(=O)c1ccc(Cl)cc1O. The summed E-state index contributed by atoms with van der Waals surface area (Å²) in [5, 5.41) is 19.2. The van der Waals surface area contributed by atoms with Gasteiger partial charge in [0.2, 0.25) is 0 Å². The van der Waals surface area contributed by atoms with Gasteiger partial charge in [-0.3, -0.25) is 4.79 Å². The van der Waals surface area contributed by atoms with Crippen molar-refractivity contribution < 1.29 is 9.90 Å². The number of nitriles is 1. The Kier molecular flexibility index (Phi) is 3.73. The quantitative estimate of drug-likeness (QED) is 0.848. The van der Waals surface area contributed by atoms with Gasteiger partial charge in [0.25, 0.3) is 5.91 Å². The van der Waals surface area contributed by atoms with Crippen LogP contribution in [0.5, 0.6) is 5.75 Å². The molecular formula is C13H13ClN2O2. The Bertz CT molecular complexity index is 510. The third kappa shape index (κ3) is 2.41. The van der Waals surface area contributed by atoms with Gasteiger partial charge < -0.3 is 10.0 Å². The van der Waals surface area contributed by atoms with E-state index in [0.717, 1.165) is 12.8 Å². The van der Waals surface area contributed by atoms with E-state index >= 15 is 0 Å². The maximum atomic E-state index is 12.3. The highest BCUT2D eigenvalue weighted by Crippen LogP contribution is 2.26. The van der Waals surface area contributed by atoms with E-state index in [1.165, 1.54) is 17.0 Å². The standard InChI is InChI=1S/C13H13ClN2O2/c14-9-4-5-11(12(17)7-9)13(18)16-6-2-1-3-10(16)8-15/h4-5,7,10,17H,1-3,6H2. The van der Waals surface area contributed by atoms with Crippen molar-refractivity contribution in [2.45, 2.75) is 25.3 Å². The summed E-state index contributed by atoms with van der Waals surface area (Å²) in [6.45, 7) is 0.555. The molecule has 0 spiro atoms. The Morgan fingerprint density at radius 3 is 2.94 bits per heavy atom. The highest BCUT2D eigenvalue weighted by atomic mass is 35.5. The van der Waals surface area contributed by atoms with E-state index in [9.17, 15) is 9.90 Å². The van der Waals surface area contributed by atoms with Crippen LogP contribution in [0.4, 0.5) is 0 Å². The predicted octanol–water partition coefficient (Wildman–Crippen LogP) is 2.56. The number of likely N-dealkylation sites (tertiary alicyclic amines) is 1. The first kappa shape index (κ1) is 12.7. The van der Waals surface area contributed by atoms with E-state index < -0.39 is 6.04 Å². The molecule has 1 aromatic carbocycles. The van der Waals surface area contributed by atoms with Gasteiger partial charge in [0.1, 0.15) is 11.8 Å². The van der Waals surface area contributed by atoms with E-state index in [4.69, 9.17) is 16.9 Å². The third-order valence-electron chi connectivity index (χ3n) is 3.10. The summed E-state index contributed by atoms with van der Waals surface area (Å²) >= 11 is 5.73. The minimum atomic E-state index is -0.402. The van der Waals surface area contributed by atoms with Gasteiger partial charge in [0.15, 0.2) is 0 Å². The van der Waals surface area contributed by atoms with Crippen LogP contribution in [0, 0.1) is 11.3 Å². The average Bonchev–Trinajstić information content (AvgIpc) is 2.38. The van der Waals surface area contributed by atoms with Crippen LogP contribution in [-0.4, -0.2) is 28.5 Å². The molecule has 1 saturated heterocycles. The molecule has 0 radical (unpaired) electrons. The van der Waals surface area contributed by atoms with Crippen LogP contribution in [-0.2, 0) is 0 Å². The number of carbonyl (C=O) groups is 1. The lowest BCUT2D eigenvalue weighted by molar-refractivity contribution is 0.0667. The number of rotatable bonds is 1. The van der Waals surface area contributed by atoms with Gasteiger partial charge >= 0.3 is 0 Å². The first-order valence-corrected chi connectivity index (χ1v) is 6.20. The molecule has 1 heterocycles. The van der Waals surface area contributed by atoms with E-state index in [1.807, 2.05) is 0 Å². The van der Waals surface area contributed by atoms with Gasteiger partial charge in [-0.05, 0) is 37.5 Å². The zero-order chi connectivity index (χ0) is 13.1. The predicted molar refractivity (Wildman–Crippen MR) is 67.4 cm³/mol. The smallest absolute Gasteiger partial charge is 0.258 e. The Morgan fingerprint density at radius 2 is 2.28 bits per heavy atom. The molecule has 94 valence electrons. The number of amides is 1. The molecular weight excluding hydrogens is 252 g/mol. The second kappa shape index (κ2) is 5.28. The van der Waals surface area contributed by atoms with Crippen molar-refractivity contribution in [3.05, 3.63) is 28.8 Å². The summed E-state index contributed by atoms with van der Waals surface area (Å²) in [4.78, 5) is 13.8. The largest absolute Gasteiger partial charge is 0.507 e. The fraction of sp³-hybridized carbons (Fsp3) is 0.385. The van der Waals surface area contributed by atoms with Crippen LogP contribution < -0.4 is 0 Å². The summed E-state index contributed by atoms with van der Waals surface area (Å²) in [7, 11) is 0. The minimum Gasteiger partial charge on any atom is -0.507 e. The number of phenolic OH excluding ortho intramolecular Hbond substituents is 1. The molecule has 2 rings (SSSR count). The lowest BCUT2D eigenvalue weighted by Gasteiger charge is -2.31. The monoisotopic (exact) mass is 264 g/mol. The van der Waals surface area contributed by atoms with Crippen LogP contribution in [0.1, 0.15) is 29.6 Å². The van der Waals surface area contributed by atoms with Crippen molar-refractivity contribution in [2.75, 3.05) is 6.54 Å². The third-order valence-corrected chi connectivity index (χ3v) is 3.34. The van der Waals surface area contributed by atoms with E-state index in [2.05, 4.69) is 6.07 Å². The minimum absolute atomic E-state index is 0.144. The molecule has 1 aromatic rings. The summed E-state index contributed by atoms with van der Waals surface area (Å²) in [5.74, 6) is -0.454. The van der Waals surface area contributed by atoms with Crippen LogP contribution >= 0.6 is 11.6 Å². The summed E-state index contributed by atoms with van der Waals surface area (Å²) in [6.07, 6.45) is 2.53. The highest BCUT2D eigenvalue weighted by Gasteiger charge is 2.28. The van der Waals surface area contributed by atoms with E-state index in [0.29, 0.717) is 18.0 Å². The van der Waals surface area contributed by atoms with Crippen LogP contribution in [0.2, 0.25) is 5.02 Å². The Hall–Kier alpha value is -1.73. The fourth-order valence-electron chi connectivity index (χ4n) is 2.15. The van der Waals surface area contributed by atoms with Gasteiger partial charge in [-0.1, -0.05) is 11.6 Å². The van der Waals surface area contributed by atoms with Gasteiger partial charge in [-0.15, -0.1) is 0 Å². The van der Waals surface area contributed by atoms with Gasteiger partial charge in [-0.25, -0.2) is 0 Å². The summed E-state index contributed by atoms with van der Waals surface area (Å²) in [6, 6.07) is 6.11. The molecule has 0 bridgehead atoms. The van der Waals surface area contributed by atoms with Crippen molar-refractivity contribution in [3.63, 3.8) is 0 Å². The van der Waals surface area contributed by atoms with E-state index in [1.54, 1.807) is 6.07 Å². The zero-order valence-corrected chi connectivity index (χ0v) is 10.5. The molecule has 1 fully saturated rings. The molecule has 1 aliphatic rings. The van der Waals surface area contributed by atoms with Crippen molar-refractivity contribution in [1.29, 1.82) is 5.26 Å². The molecule has 1 amide bonds. The number of carbonyl (C=O) groups excluding carboxylic acids is 1. The first-order valence-electron chi connectivity index (χ1n) is 5.82. The van der Waals surface area contributed by atoms with Crippen molar-refractivity contribution in [1.82, 2.24) is 4.90 Å². The molecule has 1 aliphatic heterocycles. The second-order valence-electron chi connectivity index (χ2n) is 4.30. The summed E-state index contributed by atoms with van der Waals surface area (Å²) in [5.41, 5.74) is 0.196. The lowest BCUT2D eigenvalue weighted by atomic mass is 10.0. The van der Waals surface area contributed by atoms with Crippen LogP contribution in [0.3, 0.4) is 0 Å². The van der Waals surface area contributed by atoms with Gasteiger partial charge in [0.05, 0.1) is 11.6 Å². The van der Waals surface area contributed by atoms with Crippen molar-refractivity contribution >= 4 is 17.5 Å². The molecule has 0 aromatic heterocycles. The Balaban J connectivity index is 2.27. The molecule has 18 heavy (non-hydrogen) atoms. The number of benzene rings is 1. The normalized spacial score (nSPS) is 19.3. The van der Waals surface area contributed by atoms with Crippen molar-refractivity contribution in [3.8, 4) is 11.8 Å². The fourth-order valence-corrected chi connectivity index (χ4v) is 2.32. The number of hydrogen-bond donors (Lipinski definition) is 1. The molecule has 0 aliphatic carbocycles. The van der Waals surface area contributed by atoms with Crippen molar-refractivity contribution in [2.24, 2.45) is 0 Å². The zero-order valence-electron chi connectivity index (χ0n) is 9.77. The molecule has 1 atom stereocenters. The number of phenols is 1. The Labute approximate surface area is 110 Å². The first-order chi connectivity index (χ1) is 8.63. The molecule has 1 unspecified atom stereocenters. The van der Waals surface area contributed by atoms with Gasteiger partial charge in [-0.2, -0.15) is 5.26 Å². The van der Waals surface area contributed by atoms with Gasteiger partial charge in [0, 0.05) is 11.6 Å². The molecule has 5 heteroatoms. The number of halogens is 1. The maximum Gasteiger partial charge on any atom is 0.258 e. The number of nitrogens with zero attached hydrogens (tertiary/aromatic N) is 2. The Morgan fingerprint density at radius 1 is 1.50 bits per heavy atom. The highest BCUT2D eigenvalue weighted by molar-refractivity contribution is 6.30. The van der Waals surface area contributed by atoms with Crippen LogP contribution in [0.15, 0.2) is 18.2 Å². The molecule has 1 N–H and O–H groups in total.